The Labute approximate surface area is 91.5 Å². The van der Waals surface area contributed by atoms with E-state index in [0.29, 0.717) is 5.92 Å². The van der Waals surface area contributed by atoms with Gasteiger partial charge < -0.3 is 5.11 Å². The van der Waals surface area contributed by atoms with Gasteiger partial charge in [-0.3, -0.25) is 9.69 Å². The maximum atomic E-state index is 11.5. The molecule has 1 saturated carbocycles. The Morgan fingerprint density at radius 3 is 2.13 bits per heavy atom. The lowest BCUT2D eigenvalue weighted by Gasteiger charge is -2.37. The molecule has 1 atom stereocenters. The number of rotatable bonds is 3. The number of aliphatic carboxylic acids is 1. The molecular weight excluding hydrogens is 190 g/mol. The molecular formula is C12H21NO2. The molecule has 1 aliphatic carbocycles. The van der Waals surface area contributed by atoms with Crippen molar-refractivity contribution in [3.63, 3.8) is 0 Å². The molecule has 2 rings (SSSR count). The summed E-state index contributed by atoms with van der Waals surface area (Å²) in [4.78, 5) is 13.7. The molecule has 0 radical (unpaired) electrons. The predicted molar refractivity (Wildman–Crippen MR) is 58.8 cm³/mol. The van der Waals surface area contributed by atoms with Crippen LogP contribution in [0.2, 0.25) is 0 Å². The van der Waals surface area contributed by atoms with Crippen LogP contribution in [-0.2, 0) is 4.79 Å². The average Bonchev–Trinajstić information content (AvgIpc) is 3.04. The van der Waals surface area contributed by atoms with Gasteiger partial charge in [0, 0.05) is 0 Å². The number of hydrogen-bond donors (Lipinski definition) is 1. The zero-order chi connectivity index (χ0) is 10.9. The first-order chi connectivity index (χ1) is 7.15. The number of carbonyl (C=O) groups is 1. The summed E-state index contributed by atoms with van der Waals surface area (Å²) < 4.78 is 0. The third-order valence-electron chi connectivity index (χ3n) is 4.07. The highest BCUT2D eigenvalue weighted by Gasteiger charge is 2.51. The second-order valence-corrected chi connectivity index (χ2v) is 5.13. The lowest BCUT2D eigenvalue weighted by atomic mass is 9.93. The lowest BCUT2D eigenvalue weighted by molar-refractivity contribution is -0.152. The van der Waals surface area contributed by atoms with Crippen LogP contribution in [0.1, 0.15) is 45.4 Å². The van der Waals surface area contributed by atoms with Gasteiger partial charge in [-0.25, -0.2) is 0 Å². The van der Waals surface area contributed by atoms with Gasteiger partial charge in [0.15, 0.2) is 0 Å². The minimum Gasteiger partial charge on any atom is -0.480 e. The Morgan fingerprint density at radius 2 is 1.73 bits per heavy atom. The van der Waals surface area contributed by atoms with E-state index in [9.17, 15) is 9.90 Å². The van der Waals surface area contributed by atoms with Crippen molar-refractivity contribution in [1.82, 2.24) is 4.90 Å². The first kappa shape index (κ1) is 10.9. The number of carboxylic acid groups (broad SMARTS) is 1. The van der Waals surface area contributed by atoms with Gasteiger partial charge in [0.25, 0.3) is 0 Å². The topological polar surface area (TPSA) is 40.5 Å². The van der Waals surface area contributed by atoms with Gasteiger partial charge >= 0.3 is 5.97 Å². The van der Waals surface area contributed by atoms with Gasteiger partial charge in [-0.05, 0) is 51.6 Å². The molecule has 0 aromatic heterocycles. The van der Waals surface area contributed by atoms with Crippen LogP contribution in [0.3, 0.4) is 0 Å². The third kappa shape index (κ3) is 2.03. The maximum Gasteiger partial charge on any atom is 0.324 e. The molecule has 2 fully saturated rings. The molecule has 1 aliphatic heterocycles. The van der Waals surface area contributed by atoms with Crippen LogP contribution >= 0.6 is 0 Å². The van der Waals surface area contributed by atoms with Crippen LogP contribution in [0.4, 0.5) is 0 Å². The van der Waals surface area contributed by atoms with Crippen LogP contribution in [0.5, 0.6) is 0 Å². The molecule has 0 spiro atoms. The van der Waals surface area contributed by atoms with E-state index >= 15 is 0 Å². The fourth-order valence-corrected chi connectivity index (χ4v) is 2.75. The summed E-state index contributed by atoms with van der Waals surface area (Å²) in [6, 6.07) is 0. The van der Waals surface area contributed by atoms with E-state index in [2.05, 4.69) is 4.90 Å². The minimum atomic E-state index is -0.619. The van der Waals surface area contributed by atoms with E-state index in [1.165, 1.54) is 12.8 Å². The first-order valence-corrected chi connectivity index (χ1v) is 6.14. The second kappa shape index (κ2) is 4.12. The molecule has 0 aromatic rings. The van der Waals surface area contributed by atoms with Gasteiger partial charge in [0.05, 0.1) is 0 Å². The fraction of sp³-hybridized carbons (Fsp3) is 0.917. The molecule has 0 amide bonds. The van der Waals surface area contributed by atoms with Crippen molar-refractivity contribution < 1.29 is 9.90 Å². The highest BCUT2D eigenvalue weighted by atomic mass is 16.4. The van der Waals surface area contributed by atoms with Crippen molar-refractivity contribution in [3.8, 4) is 0 Å². The van der Waals surface area contributed by atoms with Gasteiger partial charge in [-0.15, -0.1) is 0 Å². The van der Waals surface area contributed by atoms with Crippen LogP contribution in [0, 0.1) is 5.92 Å². The van der Waals surface area contributed by atoms with Crippen molar-refractivity contribution in [2.75, 3.05) is 13.1 Å². The summed E-state index contributed by atoms with van der Waals surface area (Å²) in [5.74, 6) is -0.222. The molecule has 1 N–H and O–H groups in total. The zero-order valence-electron chi connectivity index (χ0n) is 9.54. The molecule has 0 unspecified atom stereocenters. The van der Waals surface area contributed by atoms with Crippen molar-refractivity contribution in [2.45, 2.75) is 51.0 Å². The van der Waals surface area contributed by atoms with Gasteiger partial charge in [0.2, 0.25) is 0 Å². The van der Waals surface area contributed by atoms with Crippen LogP contribution in [0.25, 0.3) is 0 Å². The quantitative estimate of drug-likeness (QED) is 0.777. The van der Waals surface area contributed by atoms with E-state index < -0.39 is 11.5 Å². The van der Waals surface area contributed by atoms with E-state index in [1.54, 1.807) is 0 Å². The Kier molecular flexibility index (Phi) is 3.01. The molecule has 3 heteroatoms. The molecule has 0 aromatic carbocycles. The Hall–Kier alpha value is -0.570. The second-order valence-electron chi connectivity index (χ2n) is 5.13. The van der Waals surface area contributed by atoms with Crippen molar-refractivity contribution in [1.29, 1.82) is 0 Å². The summed E-state index contributed by atoms with van der Waals surface area (Å²) in [6.07, 6.45) is 7.04. The van der Waals surface area contributed by atoms with E-state index in [4.69, 9.17) is 0 Å². The molecule has 2 aliphatic rings. The fourth-order valence-electron chi connectivity index (χ4n) is 2.75. The molecule has 0 bridgehead atoms. The van der Waals surface area contributed by atoms with Crippen LogP contribution in [0.15, 0.2) is 0 Å². The molecule has 3 nitrogen and oxygen atoms in total. The van der Waals surface area contributed by atoms with Gasteiger partial charge in [-0.2, -0.15) is 0 Å². The van der Waals surface area contributed by atoms with Gasteiger partial charge in [-0.1, -0.05) is 12.8 Å². The number of hydrogen-bond acceptors (Lipinski definition) is 2. The lowest BCUT2D eigenvalue weighted by Crippen LogP contribution is -2.54. The normalized spacial score (nSPS) is 28.1. The van der Waals surface area contributed by atoms with Crippen molar-refractivity contribution >= 4 is 5.97 Å². The molecule has 15 heavy (non-hydrogen) atoms. The van der Waals surface area contributed by atoms with E-state index in [1.807, 2.05) is 6.92 Å². The summed E-state index contributed by atoms with van der Waals surface area (Å²) in [5.41, 5.74) is -0.579. The van der Waals surface area contributed by atoms with Crippen LogP contribution < -0.4 is 0 Å². The minimum absolute atomic E-state index is 0.396. The summed E-state index contributed by atoms with van der Waals surface area (Å²) >= 11 is 0. The number of likely N-dealkylation sites (tertiary alicyclic amines) is 1. The van der Waals surface area contributed by atoms with Crippen molar-refractivity contribution in [3.05, 3.63) is 0 Å². The first-order valence-electron chi connectivity index (χ1n) is 6.14. The largest absolute Gasteiger partial charge is 0.480 e. The highest BCUT2D eigenvalue weighted by Crippen LogP contribution is 2.43. The van der Waals surface area contributed by atoms with E-state index in [0.717, 1.165) is 38.8 Å². The monoisotopic (exact) mass is 211 g/mol. The Balaban J connectivity index is 2.11. The summed E-state index contributed by atoms with van der Waals surface area (Å²) in [7, 11) is 0. The summed E-state index contributed by atoms with van der Waals surface area (Å²) in [5, 5.41) is 9.45. The Morgan fingerprint density at radius 1 is 1.20 bits per heavy atom. The van der Waals surface area contributed by atoms with Crippen LogP contribution in [-0.4, -0.2) is 34.6 Å². The highest BCUT2D eigenvalue weighted by molar-refractivity contribution is 5.79. The standard InChI is InChI=1S/C12H21NO2/c1-12(11(14)15,10-6-7-10)13-8-4-2-3-5-9-13/h10H,2-9H2,1H3,(H,14,15)/t12-/m0/s1. The van der Waals surface area contributed by atoms with E-state index in [-0.39, 0.29) is 0 Å². The Bertz CT molecular complexity index is 242. The SMILES string of the molecule is C[C@@](C(=O)O)(C1CC1)N1CCCCCC1. The third-order valence-corrected chi connectivity index (χ3v) is 4.07. The molecule has 1 saturated heterocycles. The van der Waals surface area contributed by atoms with Gasteiger partial charge in [0.1, 0.15) is 5.54 Å². The average molecular weight is 211 g/mol. The smallest absolute Gasteiger partial charge is 0.324 e. The molecule has 86 valence electrons. The zero-order valence-corrected chi connectivity index (χ0v) is 9.54. The summed E-state index contributed by atoms with van der Waals surface area (Å²) in [6.45, 7) is 3.87. The number of nitrogens with zero attached hydrogens (tertiary/aromatic N) is 1. The number of carboxylic acids is 1. The predicted octanol–water partition coefficient (Wildman–Crippen LogP) is 2.12. The van der Waals surface area contributed by atoms with Crippen molar-refractivity contribution in [2.24, 2.45) is 5.92 Å². The molecule has 1 heterocycles. The maximum absolute atomic E-state index is 11.5.